The number of nitrogens with zero attached hydrogens (tertiary/aromatic N) is 5. The average Bonchev–Trinajstić information content (AvgIpc) is 3.61. The van der Waals surface area contributed by atoms with E-state index in [0.29, 0.717) is 64.0 Å². The second kappa shape index (κ2) is 14.2. The van der Waals surface area contributed by atoms with Crippen LogP contribution in [0.1, 0.15) is 24.3 Å². The molecule has 0 radical (unpaired) electrons. The minimum Gasteiger partial charge on any atom is -0.456 e. The highest BCUT2D eigenvalue weighted by Crippen LogP contribution is 2.43. The van der Waals surface area contributed by atoms with Crippen molar-refractivity contribution in [3.63, 3.8) is 0 Å². The van der Waals surface area contributed by atoms with Crippen molar-refractivity contribution < 1.29 is 49.9 Å². The van der Waals surface area contributed by atoms with E-state index in [1.165, 1.54) is 30.3 Å². The third-order valence-corrected chi connectivity index (χ3v) is 9.68. The normalized spacial score (nSPS) is 18.9. The summed E-state index contributed by atoms with van der Waals surface area (Å²) >= 11 is 0.390. The molecular weight excluding hydrogens is 682 g/mol. The highest BCUT2D eigenvalue weighted by Gasteiger charge is 2.57. The topological polar surface area (TPSA) is 113 Å². The van der Waals surface area contributed by atoms with Gasteiger partial charge in [-0.15, -0.1) is 11.8 Å². The third kappa shape index (κ3) is 7.81. The summed E-state index contributed by atoms with van der Waals surface area (Å²) in [6.07, 6.45) is -8.57. The molecular formula is C31H32F6N6O5S. The van der Waals surface area contributed by atoms with E-state index in [1.807, 2.05) is 0 Å². The number of para-hydroxylation sites is 1. The van der Waals surface area contributed by atoms with Gasteiger partial charge in [-0.3, -0.25) is 14.6 Å². The predicted molar refractivity (Wildman–Crippen MR) is 163 cm³/mol. The Balaban J connectivity index is 1.20. The zero-order valence-electron chi connectivity index (χ0n) is 26.0. The summed E-state index contributed by atoms with van der Waals surface area (Å²) in [5.41, 5.74) is -2.35. The van der Waals surface area contributed by atoms with Gasteiger partial charge in [0.05, 0.1) is 29.4 Å². The van der Waals surface area contributed by atoms with E-state index in [-0.39, 0.29) is 34.5 Å². The number of halogens is 6. The largest absolute Gasteiger partial charge is 0.456 e. The molecule has 1 N–H and O–H groups in total. The summed E-state index contributed by atoms with van der Waals surface area (Å²) < 4.78 is 97.2. The number of nitrogens with one attached hydrogen (secondary N) is 1. The molecule has 3 aromatic rings. The Kier molecular flexibility index (Phi) is 10.1. The number of ether oxygens (including phenoxy) is 2. The molecule has 3 aliphatic rings. The molecule has 1 aromatic heterocycles. The molecule has 2 aromatic carbocycles. The van der Waals surface area contributed by atoms with Crippen LogP contribution in [-0.4, -0.2) is 107 Å². The van der Waals surface area contributed by atoms with Crippen LogP contribution in [0.5, 0.6) is 11.5 Å². The van der Waals surface area contributed by atoms with E-state index < -0.39 is 46.9 Å². The van der Waals surface area contributed by atoms with Crippen LogP contribution in [0.25, 0.3) is 11.4 Å². The lowest BCUT2D eigenvalue weighted by molar-refractivity contribution is -0.138. The van der Waals surface area contributed by atoms with Crippen molar-refractivity contribution in [3.05, 3.63) is 53.9 Å². The zero-order chi connectivity index (χ0) is 34.8. The summed E-state index contributed by atoms with van der Waals surface area (Å²) in [5.74, 6) is -2.85. The second-order valence-corrected chi connectivity index (χ2v) is 12.8. The van der Waals surface area contributed by atoms with E-state index in [4.69, 9.17) is 14.0 Å². The first-order chi connectivity index (χ1) is 23.3. The maximum Gasteiger partial charge on any atom is 0.420 e. The molecule has 1 spiro atoms. The molecule has 4 heterocycles. The highest BCUT2D eigenvalue weighted by atomic mass is 32.2. The molecule has 11 nitrogen and oxygen atoms in total. The summed E-state index contributed by atoms with van der Waals surface area (Å²) in [6.45, 7) is 4.24. The van der Waals surface area contributed by atoms with E-state index >= 15 is 0 Å². The molecule has 264 valence electrons. The Labute approximate surface area is 280 Å². The number of rotatable bonds is 10. The molecule has 0 saturated carbocycles. The van der Waals surface area contributed by atoms with Crippen LogP contribution in [-0.2, 0) is 22.3 Å². The van der Waals surface area contributed by atoms with Crippen LogP contribution in [0.3, 0.4) is 0 Å². The van der Waals surface area contributed by atoms with Gasteiger partial charge < -0.3 is 24.2 Å². The van der Waals surface area contributed by atoms with Crippen molar-refractivity contribution in [2.75, 3.05) is 58.2 Å². The monoisotopic (exact) mass is 714 g/mol. The quantitative estimate of drug-likeness (QED) is 0.166. The molecule has 0 unspecified atom stereocenters. The van der Waals surface area contributed by atoms with Crippen LogP contribution in [0, 0.1) is 0 Å². The predicted octanol–water partition coefficient (Wildman–Crippen LogP) is 5.42. The number of carbonyl (C=O) groups excluding carboxylic acids is 2. The number of amides is 3. The number of aromatic nitrogens is 2. The van der Waals surface area contributed by atoms with Crippen LogP contribution in [0.2, 0.25) is 0 Å². The number of morpholine rings is 1. The lowest BCUT2D eigenvalue weighted by Crippen LogP contribution is -2.57. The smallest absolute Gasteiger partial charge is 0.420 e. The number of hydrogen-bond acceptors (Lipinski definition) is 10. The molecule has 49 heavy (non-hydrogen) atoms. The van der Waals surface area contributed by atoms with Crippen molar-refractivity contribution in [2.24, 2.45) is 0 Å². The Morgan fingerprint density at radius 1 is 0.959 bits per heavy atom. The fourth-order valence-electron chi connectivity index (χ4n) is 6.10. The maximum atomic E-state index is 14.2. The minimum absolute atomic E-state index is 0.0109. The number of alkyl halides is 6. The standard InChI is InChI=1S/C31H32F6N6O5S/c32-30(33,34)19-49-24-4-2-1-3-23(24)47-22-6-5-20(17-21(22)31(35,36)37)26-39-25(48-40-26)18-42-27(44)29(7-9-38-10-8-29)43(28(42)45)12-11-41-13-15-46-16-14-41/h1-6,17,38H,7-16,18-19H2. The summed E-state index contributed by atoms with van der Waals surface area (Å²) in [7, 11) is 0. The Hall–Kier alpha value is -3.87. The first kappa shape index (κ1) is 35.0. The molecule has 3 fully saturated rings. The molecule has 6 rings (SSSR count). The lowest BCUT2D eigenvalue weighted by atomic mass is 9.86. The van der Waals surface area contributed by atoms with Gasteiger partial charge in [-0.1, -0.05) is 17.3 Å². The zero-order valence-corrected chi connectivity index (χ0v) is 26.8. The molecule has 0 bridgehead atoms. The molecule has 18 heteroatoms. The van der Waals surface area contributed by atoms with Gasteiger partial charge >= 0.3 is 18.4 Å². The number of urea groups is 1. The summed E-state index contributed by atoms with van der Waals surface area (Å²) in [5, 5.41) is 7.02. The Morgan fingerprint density at radius 3 is 2.41 bits per heavy atom. The first-order valence-electron chi connectivity index (χ1n) is 15.5. The highest BCUT2D eigenvalue weighted by molar-refractivity contribution is 7.99. The van der Waals surface area contributed by atoms with Crippen LogP contribution < -0.4 is 10.1 Å². The SMILES string of the molecule is O=C1N(Cc2nc(-c3ccc(Oc4ccccc4SCC(F)(F)F)c(C(F)(F)F)c3)no2)C(=O)C2(CCNCC2)N1CCN1CCOCC1. The van der Waals surface area contributed by atoms with Crippen molar-refractivity contribution in [2.45, 2.75) is 42.2 Å². The Morgan fingerprint density at radius 2 is 1.69 bits per heavy atom. The van der Waals surface area contributed by atoms with E-state index in [0.717, 1.165) is 30.1 Å². The van der Waals surface area contributed by atoms with Crippen molar-refractivity contribution in [1.29, 1.82) is 0 Å². The number of hydrogen-bond donors (Lipinski definition) is 1. The van der Waals surface area contributed by atoms with Gasteiger partial charge in [-0.2, -0.15) is 31.3 Å². The van der Waals surface area contributed by atoms with Gasteiger partial charge in [0.15, 0.2) is 0 Å². The average molecular weight is 715 g/mol. The van der Waals surface area contributed by atoms with Gasteiger partial charge in [0, 0.05) is 31.7 Å². The van der Waals surface area contributed by atoms with E-state index in [1.54, 1.807) is 4.90 Å². The Bertz CT molecular complexity index is 1660. The third-order valence-electron chi connectivity index (χ3n) is 8.56. The molecule has 3 saturated heterocycles. The summed E-state index contributed by atoms with van der Waals surface area (Å²) in [6, 6.07) is 7.97. The van der Waals surface area contributed by atoms with Crippen LogP contribution >= 0.6 is 11.8 Å². The minimum atomic E-state index is -4.92. The molecule has 0 atom stereocenters. The fraction of sp³-hybridized carbons (Fsp3) is 0.484. The number of piperidine rings is 1. The number of benzene rings is 2. The van der Waals surface area contributed by atoms with Gasteiger partial charge in [-0.05, 0) is 56.3 Å². The van der Waals surface area contributed by atoms with Gasteiger partial charge in [0.25, 0.3) is 5.91 Å². The van der Waals surface area contributed by atoms with Crippen molar-refractivity contribution in [1.82, 2.24) is 30.2 Å². The second-order valence-electron chi connectivity index (χ2n) is 11.7. The van der Waals surface area contributed by atoms with Crippen LogP contribution in [0.4, 0.5) is 31.1 Å². The van der Waals surface area contributed by atoms with Gasteiger partial charge in [-0.25, -0.2) is 4.79 Å². The van der Waals surface area contributed by atoms with Gasteiger partial charge in [0.2, 0.25) is 11.7 Å². The number of carbonyl (C=O) groups is 2. The van der Waals surface area contributed by atoms with E-state index in [9.17, 15) is 35.9 Å². The van der Waals surface area contributed by atoms with Gasteiger partial charge in [0.1, 0.15) is 23.6 Å². The lowest BCUT2D eigenvalue weighted by Gasteiger charge is -2.39. The number of imide groups is 1. The van der Waals surface area contributed by atoms with E-state index in [2.05, 4.69) is 20.4 Å². The van der Waals surface area contributed by atoms with Crippen molar-refractivity contribution in [3.8, 4) is 22.9 Å². The number of thioether (sulfide) groups is 1. The molecule has 3 aliphatic heterocycles. The fourth-order valence-corrected chi connectivity index (χ4v) is 6.85. The summed E-state index contributed by atoms with van der Waals surface area (Å²) in [4.78, 5) is 36.5. The van der Waals surface area contributed by atoms with Crippen LogP contribution in [0.15, 0.2) is 51.9 Å². The maximum absolute atomic E-state index is 14.2. The molecule has 3 amide bonds. The first-order valence-corrected chi connectivity index (χ1v) is 16.5. The molecule has 0 aliphatic carbocycles. The van der Waals surface area contributed by atoms with Crippen molar-refractivity contribution >= 4 is 23.7 Å².